The fourth-order valence-corrected chi connectivity index (χ4v) is 1.90. The van der Waals surface area contributed by atoms with Crippen LogP contribution in [0.4, 0.5) is 4.39 Å². The van der Waals surface area contributed by atoms with Gasteiger partial charge in [0.05, 0.1) is 11.7 Å². The predicted molar refractivity (Wildman–Crippen MR) is 67.7 cm³/mol. The molecule has 3 nitrogen and oxygen atoms in total. The summed E-state index contributed by atoms with van der Waals surface area (Å²) < 4.78 is 12.8. The van der Waals surface area contributed by atoms with Crippen LogP contribution in [0.5, 0.6) is 0 Å². The van der Waals surface area contributed by atoms with Crippen molar-refractivity contribution >= 4 is 22.5 Å². The molecule has 0 aliphatic carbocycles. The van der Waals surface area contributed by atoms with Gasteiger partial charge >= 0.3 is 0 Å². The Labute approximate surface area is 107 Å². The molecule has 0 aliphatic heterocycles. The van der Waals surface area contributed by atoms with Crippen molar-refractivity contribution in [3.8, 4) is 11.5 Å². The fourth-order valence-electron chi connectivity index (χ4n) is 1.66. The number of pyridine rings is 1. The molecule has 0 bridgehead atoms. The number of aromatic nitrogens is 3. The van der Waals surface area contributed by atoms with E-state index in [0.717, 1.165) is 17.1 Å². The fraction of sp³-hybridized carbons (Fsp3) is 0. The number of nitrogens with zero attached hydrogens (tertiary/aromatic N) is 3. The number of rotatable bonds is 1. The third-order valence-electron chi connectivity index (χ3n) is 2.51. The van der Waals surface area contributed by atoms with Crippen LogP contribution in [0.3, 0.4) is 0 Å². The molecule has 1 aromatic carbocycles. The second kappa shape index (κ2) is 4.31. The maximum Gasteiger partial charge on any atom is 0.180 e. The summed E-state index contributed by atoms with van der Waals surface area (Å²) in [5.74, 6) is -0.00987. The summed E-state index contributed by atoms with van der Waals surface area (Å²) in [5, 5.41) is 1.15. The van der Waals surface area contributed by atoms with Gasteiger partial charge in [-0.15, -0.1) is 0 Å². The van der Waals surface area contributed by atoms with E-state index >= 15 is 0 Å². The molecule has 0 fully saturated rings. The monoisotopic (exact) mass is 259 g/mol. The molecule has 0 amide bonds. The lowest BCUT2D eigenvalue weighted by Gasteiger charge is -2.03. The highest BCUT2D eigenvalue weighted by atomic mass is 35.5. The highest BCUT2D eigenvalue weighted by Crippen LogP contribution is 2.23. The molecule has 0 saturated carbocycles. The van der Waals surface area contributed by atoms with Gasteiger partial charge in [-0.2, -0.15) is 0 Å². The lowest BCUT2D eigenvalue weighted by atomic mass is 10.2. The molecule has 18 heavy (non-hydrogen) atoms. The molecule has 0 spiro atoms. The van der Waals surface area contributed by atoms with Gasteiger partial charge in [0.1, 0.15) is 16.7 Å². The zero-order chi connectivity index (χ0) is 12.5. The molecular formula is C13H7ClFN3. The van der Waals surface area contributed by atoms with E-state index in [-0.39, 0.29) is 0 Å². The Morgan fingerprint density at radius 3 is 2.61 bits per heavy atom. The Balaban J connectivity index is 2.21. The van der Waals surface area contributed by atoms with Gasteiger partial charge in [-0.3, -0.25) is 0 Å². The van der Waals surface area contributed by atoms with Gasteiger partial charge in [0, 0.05) is 5.39 Å². The Hall–Kier alpha value is -2.07. The van der Waals surface area contributed by atoms with E-state index in [1.165, 1.54) is 12.1 Å². The van der Waals surface area contributed by atoms with Gasteiger partial charge in [0.25, 0.3) is 0 Å². The Bertz CT molecular complexity index is 713. The Morgan fingerprint density at radius 1 is 1.00 bits per heavy atom. The number of hydrogen-bond acceptors (Lipinski definition) is 3. The van der Waals surface area contributed by atoms with Gasteiger partial charge < -0.3 is 0 Å². The highest BCUT2D eigenvalue weighted by Gasteiger charge is 2.08. The minimum absolute atomic E-state index is 0.363. The molecule has 3 aromatic rings. The Kier molecular flexibility index (Phi) is 2.64. The van der Waals surface area contributed by atoms with Gasteiger partial charge in [-0.25, -0.2) is 19.3 Å². The first kappa shape index (κ1) is 11.0. The topological polar surface area (TPSA) is 38.7 Å². The SMILES string of the molecule is Fc1ccc(-c2nc(Cl)c3ccccc3n2)nc1. The summed E-state index contributed by atoms with van der Waals surface area (Å²) in [5.41, 5.74) is 1.22. The molecule has 0 atom stereocenters. The minimum atomic E-state index is -0.398. The molecule has 5 heteroatoms. The van der Waals surface area contributed by atoms with E-state index in [4.69, 9.17) is 11.6 Å². The zero-order valence-corrected chi connectivity index (χ0v) is 9.89. The van der Waals surface area contributed by atoms with Crippen LogP contribution in [0.2, 0.25) is 5.15 Å². The van der Waals surface area contributed by atoms with Crippen LogP contribution in [0.25, 0.3) is 22.4 Å². The van der Waals surface area contributed by atoms with Crippen molar-refractivity contribution in [3.05, 3.63) is 53.6 Å². The van der Waals surface area contributed by atoms with Crippen LogP contribution in [0.1, 0.15) is 0 Å². The number of hydrogen-bond donors (Lipinski definition) is 0. The molecule has 2 aromatic heterocycles. The molecule has 3 rings (SSSR count). The molecule has 2 heterocycles. The lowest BCUT2D eigenvalue weighted by Crippen LogP contribution is -1.94. The Morgan fingerprint density at radius 2 is 1.83 bits per heavy atom. The molecule has 0 N–H and O–H groups in total. The lowest BCUT2D eigenvalue weighted by molar-refractivity contribution is 0.621. The summed E-state index contributed by atoms with van der Waals surface area (Å²) in [6, 6.07) is 10.3. The van der Waals surface area contributed by atoms with Gasteiger partial charge in [-0.1, -0.05) is 23.7 Å². The number of fused-ring (bicyclic) bond motifs is 1. The van der Waals surface area contributed by atoms with Gasteiger partial charge in [-0.05, 0) is 24.3 Å². The highest BCUT2D eigenvalue weighted by molar-refractivity contribution is 6.34. The maximum atomic E-state index is 12.8. The van der Waals surface area contributed by atoms with Crippen LogP contribution in [-0.2, 0) is 0 Å². The van der Waals surface area contributed by atoms with Crippen molar-refractivity contribution in [1.82, 2.24) is 15.0 Å². The van der Waals surface area contributed by atoms with E-state index < -0.39 is 5.82 Å². The summed E-state index contributed by atoms with van der Waals surface area (Å²) in [6.45, 7) is 0. The van der Waals surface area contributed by atoms with Gasteiger partial charge in [0.2, 0.25) is 0 Å². The van der Waals surface area contributed by atoms with Crippen LogP contribution in [0, 0.1) is 5.82 Å². The average molecular weight is 260 g/mol. The molecule has 88 valence electrons. The van der Waals surface area contributed by atoms with Gasteiger partial charge in [0.15, 0.2) is 5.82 Å². The van der Waals surface area contributed by atoms with Crippen LogP contribution >= 0.6 is 11.6 Å². The van der Waals surface area contributed by atoms with E-state index in [0.29, 0.717) is 16.7 Å². The number of para-hydroxylation sites is 1. The summed E-state index contributed by atoms with van der Waals surface area (Å²) in [6.07, 6.45) is 1.13. The molecule has 0 unspecified atom stereocenters. The minimum Gasteiger partial charge on any atom is -0.250 e. The van der Waals surface area contributed by atoms with Crippen molar-refractivity contribution in [1.29, 1.82) is 0 Å². The second-order valence-electron chi connectivity index (χ2n) is 3.72. The van der Waals surface area contributed by atoms with Crippen molar-refractivity contribution in [3.63, 3.8) is 0 Å². The smallest absolute Gasteiger partial charge is 0.180 e. The molecule has 0 radical (unpaired) electrons. The quantitative estimate of drug-likeness (QED) is 0.628. The van der Waals surface area contributed by atoms with E-state index in [2.05, 4.69) is 15.0 Å². The standard InChI is InChI=1S/C13H7ClFN3/c14-12-9-3-1-2-4-10(9)17-13(18-12)11-6-5-8(15)7-16-11/h1-7H. The van der Waals surface area contributed by atoms with E-state index in [1.54, 1.807) is 0 Å². The summed E-state index contributed by atoms with van der Waals surface area (Å²) in [4.78, 5) is 12.5. The first-order valence-electron chi connectivity index (χ1n) is 5.28. The second-order valence-corrected chi connectivity index (χ2v) is 4.07. The molecule has 0 aliphatic rings. The maximum absolute atomic E-state index is 12.8. The van der Waals surface area contributed by atoms with Crippen molar-refractivity contribution in [2.24, 2.45) is 0 Å². The molecule has 0 saturated heterocycles. The van der Waals surface area contributed by atoms with Crippen molar-refractivity contribution in [2.75, 3.05) is 0 Å². The van der Waals surface area contributed by atoms with Crippen LogP contribution < -0.4 is 0 Å². The number of halogens is 2. The third-order valence-corrected chi connectivity index (χ3v) is 2.80. The van der Waals surface area contributed by atoms with Crippen molar-refractivity contribution in [2.45, 2.75) is 0 Å². The van der Waals surface area contributed by atoms with E-state index in [9.17, 15) is 4.39 Å². The summed E-state index contributed by atoms with van der Waals surface area (Å²) >= 11 is 6.09. The summed E-state index contributed by atoms with van der Waals surface area (Å²) in [7, 11) is 0. The predicted octanol–water partition coefficient (Wildman–Crippen LogP) is 3.48. The molecular weight excluding hydrogens is 253 g/mol. The zero-order valence-electron chi connectivity index (χ0n) is 9.14. The first-order valence-corrected chi connectivity index (χ1v) is 5.66. The van der Waals surface area contributed by atoms with Crippen LogP contribution in [-0.4, -0.2) is 15.0 Å². The first-order chi connectivity index (χ1) is 8.74. The van der Waals surface area contributed by atoms with E-state index in [1.807, 2.05) is 24.3 Å². The number of benzene rings is 1. The average Bonchev–Trinajstić information content (AvgIpc) is 2.39. The van der Waals surface area contributed by atoms with Crippen molar-refractivity contribution < 1.29 is 4.39 Å². The largest absolute Gasteiger partial charge is 0.250 e. The normalized spacial score (nSPS) is 10.8. The third kappa shape index (κ3) is 1.91. The van der Waals surface area contributed by atoms with Crippen LogP contribution in [0.15, 0.2) is 42.6 Å².